The third-order valence-electron chi connectivity index (χ3n) is 1.53. The highest BCUT2D eigenvalue weighted by atomic mass is 16.8. The van der Waals surface area contributed by atoms with Crippen molar-refractivity contribution in [2.45, 2.75) is 6.54 Å². The molecule has 0 fully saturated rings. The van der Waals surface area contributed by atoms with E-state index in [-0.39, 0.29) is 0 Å². The van der Waals surface area contributed by atoms with E-state index in [9.17, 15) is 0 Å². The summed E-state index contributed by atoms with van der Waals surface area (Å²) in [5, 5.41) is 6.82. The van der Waals surface area contributed by atoms with Crippen LogP contribution in [0, 0.1) is 5.53 Å². The molecule has 0 aliphatic carbocycles. The van der Waals surface area contributed by atoms with Gasteiger partial charge in [-0.3, -0.25) is 10.1 Å². The van der Waals surface area contributed by atoms with E-state index in [0.717, 1.165) is 17.1 Å². The van der Waals surface area contributed by atoms with E-state index in [4.69, 9.17) is 11.4 Å². The first-order chi connectivity index (χ1) is 7.36. The lowest BCUT2D eigenvalue weighted by atomic mass is 10.2. The second kappa shape index (κ2) is 6.33. The van der Waals surface area contributed by atoms with E-state index in [2.05, 4.69) is 20.7 Å². The minimum atomic E-state index is 0.391. The first-order valence-corrected chi connectivity index (χ1v) is 4.14. The molecule has 0 saturated heterocycles. The van der Waals surface area contributed by atoms with Gasteiger partial charge in [-0.2, -0.15) is 10.6 Å². The molecule has 1 rings (SSSR count). The molecule has 0 aromatic heterocycles. The van der Waals surface area contributed by atoms with Gasteiger partial charge in [-0.05, 0) is 0 Å². The van der Waals surface area contributed by atoms with Gasteiger partial charge in [-0.25, -0.2) is 0 Å². The van der Waals surface area contributed by atoms with Gasteiger partial charge < -0.3 is 11.3 Å². The normalized spacial score (nSPS) is 10.1. The zero-order valence-corrected chi connectivity index (χ0v) is 7.95. The molecule has 0 radical (unpaired) electrons. The lowest BCUT2D eigenvalue weighted by Gasteiger charge is -2.29. The van der Waals surface area contributed by atoms with Gasteiger partial charge in [0, 0.05) is 5.28 Å². The van der Waals surface area contributed by atoms with Gasteiger partial charge in [0.15, 0.2) is 0 Å². The Morgan fingerprint density at radius 3 is 2.80 bits per heavy atom. The summed E-state index contributed by atoms with van der Waals surface area (Å²) < 4.78 is 0. The maximum atomic E-state index is 6.49. The Hall–Kier alpha value is -2.15. The SMILES string of the molecule is N=NON(/C=N/N)[N-]Cc1ccccc1. The predicted octanol–water partition coefficient (Wildman–Crippen LogP) is 1.56. The number of hydrazone groups is 1. The molecule has 0 aliphatic rings. The first-order valence-electron chi connectivity index (χ1n) is 4.14. The van der Waals surface area contributed by atoms with Gasteiger partial charge in [0.25, 0.3) is 0 Å². The van der Waals surface area contributed by atoms with Crippen LogP contribution in [0.1, 0.15) is 5.56 Å². The Bertz CT molecular complexity index is 314. The van der Waals surface area contributed by atoms with Crippen LogP contribution in [0.4, 0.5) is 0 Å². The smallest absolute Gasteiger partial charge is 0.129 e. The summed E-state index contributed by atoms with van der Waals surface area (Å²) in [7, 11) is 0. The molecule has 0 bridgehead atoms. The third-order valence-corrected chi connectivity index (χ3v) is 1.53. The summed E-state index contributed by atoms with van der Waals surface area (Å²) in [5.74, 6) is 4.91. The number of benzene rings is 1. The molecule has 0 atom stereocenters. The topological polar surface area (TPSA) is 101 Å². The van der Waals surface area contributed by atoms with E-state index in [1.54, 1.807) is 0 Å². The molecule has 0 unspecified atom stereocenters. The summed E-state index contributed by atoms with van der Waals surface area (Å²) in [5.41, 5.74) is 11.4. The number of nitrogens with zero attached hydrogens (tertiary/aromatic N) is 4. The maximum absolute atomic E-state index is 6.49. The van der Waals surface area contributed by atoms with Crippen molar-refractivity contribution in [3.63, 3.8) is 0 Å². The predicted molar refractivity (Wildman–Crippen MR) is 54.3 cm³/mol. The number of hydrogen-bond acceptors (Lipinski definition) is 5. The Morgan fingerprint density at radius 1 is 1.47 bits per heavy atom. The molecular formula is C8H11N6O-. The minimum absolute atomic E-state index is 0.391. The molecule has 80 valence electrons. The second-order valence-electron chi connectivity index (χ2n) is 2.53. The van der Waals surface area contributed by atoms with E-state index >= 15 is 0 Å². The molecule has 0 saturated carbocycles. The van der Waals surface area contributed by atoms with E-state index in [1.807, 2.05) is 30.3 Å². The number of nitrogens with two attached hydrogens (primary N) is 1. The van der Waals surface area contributed by atoms with Crippen LogP contribution < -0.4 is 5.84 Å². The van der Waals surface area contributed by atoms with E-state index in [0.29, 0.717) is 6.54 Å². The summed E-state index contributed by atoms with van der Waals surface area (Å²) in [6.45, 7) is 0.391. The number of nitrogens with one attached hydrogen (secondary N) is 1. The molecule has 7 nitrogen and oxygen atoms in total. The highest BCUT2D eigenvalue weighted by Gasteiger charge is 1.87. The zero-order valence-electron chi connectivity index (χ0n) is 7.95. The van der Waals surface area contributed by atoms with Gasteiger partial charge in [-0.15, -0.1) is 6.54 Å². The van der Waals surface area contributed by atoms with Gasteiger partial charge in [0.1, 0.15) is 6.34 Å². The van der Waals surface area contributed by atoms with Gasteiger partial charge in [-0.1, -0.05) is 35.9 Å². The highest BCUT2D eigenvalue weighted by molar-refractivity contribution is 5.54. The number of rotatable bonds is 6. The fourth-order valence-corrected chi connectivity index (χ4v) is 0.917. The van der Waals surface area contributed by atoms with E-state index < -0.39 is 0 Å². The van der Waals surface area contributed by atoms with Crippen LogP contribution in [-0.4, -0.2) is 11.5 Å². The minimum Gasteiger partial charge on any atom is -0.523 e. The standard InChI is InChI=1S/C8H11N6O/c9-11-7-14(15-13-10)12-6-8-4-2-1-3-5-8/h1-5,7,10H,6,9H2/q-1/b11-7+,13-10?. The molecule has 7 heteroatoms. The summed E-state index contributed by atoms with van der Waals surface area (Å²) in [4.78, 5) is 4.43. The Balaban J connectivity index is 2.43. The summed E-state index contributed by atoms with van der Waals surface area (Å²) >= 11 is 0. The summed E-state index contributed by atoms with van der Waals surface area (Å²) in [6, 6.07) is 9.56. The lowest BCUT2D eigenvalue weighted by molar-refractivity contribution is -0.0833. The Kier molecular flexibility index (Phi) is 4.61. The first kappa shape index (κ1) is 10.9. The molecule has 15 heavy (non-hydrogen) atoms. The van der Waals surface area contributed by atoms with Crippen LogP contribution in [0.2, 0.25) is 0 Å². The third kappa shape index (κ3) is 4.05. The van der Waals surface area contributed by atoms with Crippen LogP contribution in [0.25, 0.3) is 5.43 Å². The monoisotopic (exact) mass is 207 g/mol. The number of hydroxylamine groups is 1. The molecule has 3 N–H and O–H groups in total. The number of hydrogen-bond donors (Lipinski definition) is 2. The van der Waals surface area contributed by atoms with Crippen LogP contribution in [-0.2, 0) is 11.5 Å². The van der Waals surface area contributed by atoms with Crippen molar-refractivity contribution in [1.29, 1.82) is 5.53 Å². The Labute approximate surface area is 86.9 Å². The quantitative estimate of drug-likeness (QED) is 0.243. The average molecular weight is 207 g/mol. The van der Waals surface area contributed by atoms with Crippen molar-refractivity contribution in [1.82, 2.24) is 5.17 Å². The highest BCUT2D eigenvalue weighted by Crippen LogP contribution is 2.07. The van der Waals surface area contributed by atoms with Gasteiger partial charge in [0.05, 0.1) is 0 Å². The average Bonchev–Trinajstić information content (AvgIpc) is 2.28. The van der Waals surface area contributed by atoms with Gasteiger partial charge >= 0.3 is 0 Å². The fourth-order valence-electron chi connectivity index (χ4n) is 0.917. The summed E-state index contributed by atoms with van der Waals surface area (Å²) in [6.07, 6.45) is 1.11. The molecule has 0 amide bonds. The molecule has 1 aromatic rings. The van der Waals surface area contributed by atoms with Crippen molar-refractivity contribution >= 4 is 6.34 Å². The zero-order chi connectivity index (χ0) is 10.9. The van der Waals surface area contributed by atoms with Crippen LogP contribution in [0.3, 0.4) is 0 Å². The Morgan fingerprint density at radius 2 is 2.20 bits per heavy atom. The van der Waals surface area contributed by atoms with Crippen molar-refractivity contribution in [2.24, 2.45) is 16.2 Å². The molecule has 0 heterocycles. The van der Waals surface area contributed by atoms with Crippen LogP contribution >= 0.6 is 0 Å². The maximum Gasteiger partial charge on any atom is 0.129 e. The molecule has 0 aliphatic heterocycles. The van der Waals surface area contributed by atoms with Crippen LogP contribution in [0.5, 0.6) is 0 Å². The van der Waals surface area contributed by atoms with Crippen molar-refractivity contribution in [2.75, 3.05) is 0 Å². The largest absolute Gasteiger partial charge is 0.523 e. The van der Waals surface area contributed by atoms with Crippen LogP contribution in [0.15, 0.2) is 40.7 Å². The molecule has 0 spiro atoms. The van der Waals surface area contributed by atoms with Crippen molar-refractivity contribution in [3.05, 3.63) is 41.3 Å². The van der Waals surface area contributed by atoms with Crippen molar-refractivity contribution in [3.8, 4) is 0 Å². The lowest BCUT2D eigenvalue weighted by Crippen LogP contribution is -2.15. The molecule has 1 aromatic carbocycles. The second-order valence-corrected chi connectivity index (χ2v) is 2.53. The molecular weight excluding hydrogens is 196 g/mol. The van der Waals surface area contributed by atoms with Gasteiger partial charge in [0.2, 0.25) is 0 Å². The van der Waals surface area contributed by atoms with Crippen molar-refractivity contribution < 1.29 is 4.94 Å². The fraction of sp³-hybridized carbons (Fsp3) is 0.125. The van der Waals surface area contributed by atoms with E-state index in [1.165, 1.54) is 0 Å².